The number of nitrogens with one attached hydrogen (secondary N) is 1. The van der Waals surface area contributed by atoms with Crippen molar-refractivity contribution in [3.63, 3.8) is 0 Å². The number of rotatable bonds is 5. The predicted molar refractivity (Wildman–Crippen MR) is 99.8 cm³/mol. The molecule has 2 aromatic rings. The van der Waals surface area contributed by atoms with Gasteiger partial charge in [0.15, 0.2) is 0 Å². The van der Waals surface area contributed by atoms with Crippen LogP contribution < -0.4 is 5.32 Å². The predicted octanol–water partition coefficient (Wildman–Crippen LogP) is 4.19. The van der Waals surface area contributed by atoms with Crippen LogP contribution in [0.1, 0.15) is 24.5 Å². The molecule has 0 aliphatic carbocycles. The molecule has 1 aromatic heterocycles. The summed E-state index contributed by atoms with van der Waals surface area (Å²) in [6.45, 7) is 2.11. The summed E-state index contributed by atoms with van der Waals surface area (Å²) in [4.78, 5) is 12.0. The highest BCUT2D eigenvalue weighted by Crippen LogP contribution is 2.20. The molecule has 1 N–H and O–H groups in total. The van der Waals surface area contributed by atoms with E-state index in [-0.39, 0.29) is 5.91 Å². The molecule has 3 rings (SSSR count). The number of anilines is 1. The summed E-state index contributed by atoms with van der Waals surface area (Å²) < 4.78 is 0. The Hall–Kier alpha value is -1.92. The van der Waals surface area contributed by atoms with Crippen LogP contribution in [0.2, 0.25) is 0 Å². The van der Waals surface area contributed by atoms with Gasteiger partial charge in [-0.25, -0.2) is 0 Å². The maximum absolute atomic E-state index is 12.0. The second-order valence-electron chi connectivity index (χ2n) is 5.12. The topological polar surface area (TPSA) is 53.8 Å². The van der Waals surface area contributed by atoms with E-state index in [2.05, 4.69) is 27.8 Å². The SMILES string of the molecule is CCc1ccc(NC(=O)CSC2=NN=C(c3ccsc3)C2)cc1. The summed E-state index contributed by atoms with van der Waals surface area (Å²) in [6, 6.07) is 9.98. The van der Waals surface area contributed by atoms with Crippen molar-refractivity contribution >= 4 is 45.4 Å². The lowest BCUT2D eigenvalue weighted by Gasteiger charge is -2.06. The molecule has 0 fully saturated rings. The maximum atomic E-state index is 12.0. The fourth-order valence-electron chi connectivity index (χ4n) is 2.17. The minimum Gasteiger partial charge on any atom is -0.325 e. The summed E-state index contributed by atoms with van der Waals surface area (Å²) in [5.41, 5.74) is 4.19. The Morgan fingerprint density at radius 3 is 2.78 bits per heavy atom. The lowest BCUT2D eigenvalue weighted by Crippen LogP contribution is -2.15. The van der Waals surface area contributed by atoms with Gasteiger partial charge in [-0.1, -0.05) is 30.8 Å². The molecule has 0 radical (unpaired) electrons. The molecule has 1 aromatic carbocycles. The van der Waals surface area contributed by atoms with Gasteiger partial charge < -0.3 is 5.32 Å². The number of nitrogens with zero attached hydrogens (tertiary/aromatic N) is 2. The van der Waals surface area contributed by atoms with Crippen molar-refractivity contribution in [1.82, 2.24) is 0 Å². The van der Waals surface area contributed by atoms with Gasteiger partial charge in [0.1, 0.15) is 5.04 Å². The quantitative estimate of drug-likeness (QED) is 0.885. The van der Waals surface area contributed by atoms with Gasteiger partial charge in [-0.15, -0.1) is 5.10 Å². The first kappa shape index (κ1) is 16.0. The van der Waals surface area contributed by atoms with Gasteiger partial charge in [-0.05, 0) is 40.9 Å². The molecule has 0 saturated carbocycles. The van der Waals surface area contributed by atoms with Crippen molar-refractivity contribution in [2.24, 2.45) is 10.2 Å². The lowest BCUT2D eigenvalue weighted by molar-refractivity contribution is -0.113. The van der Waals surface area contributed by atoms with Gasteiger partial charge in [0, 0.05) is 17.7 Å². The van der Waals surface area contributed by atoms with E-state index in [0.29, 0.717) is 12.2 Å². The van der Waals surface area contributed by atoms with E-state index in [1.165, 1.54) is 17.3 Å². The van der Waals surface area contributed by atoms with E-state index < -0.39 is 0 Å². The van der Waals surface area contributed by atoms with Gasteiger partial charge >= 0.3 is 0 Å². The number of carbonyl (C=O) groups excluding carboxylic acids is 1. The Bertz CT molecular complexity index is 734. The average Bonchev–Trinajstić information content (AvgIpc) is 3.25. The molecule has 0 spiro atoms. The van der Waals surface area contributed by atoms with Crippen LogP contribution >= 0.6 is 23.1 Å². The molecule has 1 aliphatic heterocycles. The molecule has 1 amide bonds. The summed E-state index contributed by atoms with van der Waals surface area (Å²) >= 11 is 3.09. The highest BCUT2D eigenvalue weighted by Gasteiger charge is 2.16. The van der Waals surface area contributed by atoms with Crippen LogP contribution in [0.15, 0.2) is 51.3 Å². The van der Waals surface area contributed by atoms with Gasteiger partial charge in [0.2, 0.25) is 5.91 Å². The molecule has 0 bridgehead atoms. The lowest BCUT2D eigenvalue weighted by atomic mass is 10.1. The summed E-state index contributed by atoms with van der Waals surface area (Å²) in [7, 11) is 0. The highest BCUT2D eigenvalue weighted by atomic mass is 32.2. The number of hydrogen-bond donors (Lipinski definition) is 1. The van der Waals surface area contributed by atoms with E-state index >= 15 is 0 Å². The van der Waals surface area contributed by atoms with Gasteiger partial charge in [0.25, 0.3) is 0 Å². The molecule has 118 valence electrons. The second kappa shape index (κ2) is 7.57. The number of thiophene rings is 1. The third kappa shape index (κ3) is 4.30. The first-order chi connectivity index (χ1) is 11.2. The van der Waals surface area contributed by atoms with Gasteiger partial charge in [0.05, 0.1) is 11.5 Å². The van der Waals surface area contributed by atoms with Gasteiger partial charge in [-0.3, -0.25) is 4.79 Å². The standard InChI is InChI=1S/C17H17N3OS2/c1-2-12-3-5-14(6-4-12)18-16(21)11-23-17-9-15(19-20-17)13-7-8-22-10-13/h3-8,10H,2,9,11H2,1H3,(H,18,21). The van der Waals surface area contributed by atoms with Crippen LogP contribution in [0.5, 0.6) is 0 Å². The third-order valence-corrected chi connectivity index (χ3v) is 5.12. The monoisotopic (exact) mass is 343 g/mol. The number of carbonyl (C=O) groups is 1. The summed E-state index contributed by atoms with van der Waals surface area (Å²) in [5, 5.41) is 16.3. The Kier molecular flexibility index (Phi) is 5.25. The molecular weight excluding hydrogens is 326 g/mol. The Morgan fingerprint density at radius 2 is 2.09 bits per heavy atom. The second-order valence-corrected chi connectivity index (χ2v) is 6.95. The smallest absolute Gasteiger partial charge is 0.234 e. The van der Waals surface area contributed by atoms with E-state index in [9.17, 15) is 4.79 Å². The molecular formula is C17H17N3OS2. The molecule has 0 unspecified atom stereocenters. The van der Waals surface area contributed by atoms with Crippen LogP contribution in [0.3, 0.4) is 0 Å². The highest BCUT2D eigenvalue weighted by molar-refractivity contribution is 8.14. The number of thioether (sulfide) groups is 1. The van der Waals surface area contributed by atoms with Crippen molar-refractivity contribution in [3.05, 3.63) is 52.2 Å². The maximum Gasteiger partial charge on any atom is 0.234 e. The normalized spacial score (nSPS) is 13.6. The van der Waals surface area contributed by atoms with Crippen LogP contribution in [0.4, 0.5) is 5.69 Å². The first-order valence-electron chi connectivity index (χ1n) is 7.42. The molecule has 2 heterocycles. The van der Waals surface area contributed by atoms with E-state index in [4.69, 9.17) is 0 Å². The van der Waals surface area contributed by atoms with E-state index in [0.717, 1.165) is 28.4 Å². The molecule has 6 heteroatoms. The van der Waals surface area contributed by atoms with Crippen molar-refractivity contribution < 1.29 is 4.79 Å². The fourth-order valence-corrected chi connectivity index (χ4v) is 3.54. The largest absolute Gasteiger partial charge is 0.325 e. The van der Waals surface area contributed by atoms with Crippen molar-refractivity contribution in [2.45, 2.75) is 19.8 Å². The number of benzene rings is 1. The Labute approximate surface area is 143 Å². The van der Waals surface area contributed by atoms with Gasteiger partial charge in [-0.2, -0.15) is 16.4 Å². The number of amides is 1. The zero-order valence-electron chi connectivity index (χ0n) is 12.8. The zero-order chi connectivity index (χ0) is 16.1. The minimum absolute atomic E-state index is 0.0223. The average molecular weight is 343 g/mol. The molecule has 23 heavy (non-hydrogen) atoms. The fraction of sp³-hybridized carbons (Fsp3) is 0.235. The minimum atomic E-state index is -0.0223. The van der Waals surface area contributed by atoms with E-state index in [1.807, 2.05) is 35.7 Å². The molecule has 1 aliphatic rings. The third-order valence-electron chi connectivity index (χ3n) is 3.47. The van der Waals surface area contributed by atoms with Crippen LogP contribution in [-0.4, -0.2) is 22.4 Å². The van der Waals surface area contributed by atoms with Crippen molar-refractivity contribution in [3.8, 4) is 0 Å². The molecule has 4 nitrogen and oxygen atoms in total. The molecule has 0 atom stereocenters. The van der Waals surface area contributed by atoms with Crippen LogP contribution in [-0.2, 0) is 11.2 Å². The molecule has 0 saturated heterocycles. The zero-order valence-corrected chi connectivity index (χ0v) is 14.4. The van der Waals surface area contributed by atoms with Crippen LogP contribution in [0.25, 0.3) is 0 Å². The Balaban J connectivity index is 1.45. The number of aryl methyl sites for hydroxylation is 1. The summed E-state index contributed by atoms with van der Waals surface area (Å²) in [6.07, 6.45) is 1.70. The van der Waals surface area contributed by atoms with E-state index in [1.54, 1.807) is 11.3 Å². The van der Waals surface area contributed by atoms with Crippen LogP contribution in [0, 0.1) is 0 Å². The first-order valence-corrected chi connectivity index (χ1v) is 9.35. The van der Waals surface area contributed by atoms with Crippen molar-refractivity contribution in [1.29, 1.82) is 0 Å². The number of hydrogen-bond acceptors (Lipinski definition) is 5. The Morgan fingerprint density at radius 1 is 1.26 bits per heavy atom. The summed E-state index contributed by atoms with van der Waals surface area (Å²) in [5.74, 6) is 0.326. The van der Waals surface area contributed by atoms with Crippen molar-refractivity contribution in [2.75, 3.05) is 11.1 Å².